The molecular formula is C22H25NO2. The molecule has 0 atom stereocenters. The number of carbonyl (C=O) groups excluding carboxylic acids is 1. The first-order chi connectivity index (χ1) is 11.9. The Morgan fingerprint density at radius 3 is 1.96 bits per heavy atom. The van der Waals surface area contributed by atoms with Gasteiger partial charge < -0.3 is 4.74 Å². The lowest BCUT2D eigenvalue weighted by Gasteiger charge is -2.19. The minimum Gasteiger partial charge on any atom is -0.460 e. The SMILES string of the molecule is CC(C)(C)OC(=O)CCCc1ccc(-c2ccc(CC#N)cc2)cc1. The number of esters is 1. The van der Waals surface area contributed by atoms with E-state index in [1.54, 1.807) is 0 Å². The van der Waals surface area contributed by atoms with Gasteiger partial charge in [0.1, 0.15) is 5.60 Å². The van der Waals surface area contributed by atoms with Gasteiger partial charge in [0.05, 0.1) is 12.5 Å². The molecule has 25 heavy (non-hydrogen) atoms. The van der Waals surface area contributed by atoms with Crippen LogP contribution in [0.3, 0.4) is 0 Å². The number of ether oxygens (including phenoxy) is 1. The van der Waals surface area contributed by atoms with E-state index >= 15 is 0 Å². The summed E-state index contributed by atoms with van der Waals surface area (Å²) in [4.78, 5) is 11.7. The summed E-state index contributed by atoms with van der Waals surface area (Å²) in [5, 5.41) is 8.72. The van der Waals surface area contributed by atoms with E-state index in [2.05, 4.69) is 30.3 Å². The van der Waals surface area contributed by atoms with Crippen LogP contribution in [-0.4, -0.2) is 11.6 Å². The highest BCUT2D eigenvalue weighted by Crippen LogP contribution is 2.21. The monoisotopic (exact) mass is 335 g/mol. The van der Waals surface area contributed by atoms with Crippen LogP contribution in [0, 0.1) is 11.3 Å². The highest BCUT2D eigenvalue weighted by molar-refractivity contribution is 5.69. The molecule has 2 aromatic rings. The van der Waals surface area contributed by atoms with Crippen LogP contribution in [0.25, 0.3) is 11.1 Å². The van der Waals surface area contributed by atoms with Crippen molar-refractivity contribution in [1.82, 2.24) is 0 Å². The van der Waals surface area contributed by atoms with E-state index in [9.17, 15) is 4.79 Å². The molecule has 0 saturated heterocycles. The largest absolute Gasteiger partial charge is 0.460 e. The number of nitriles is 1. The molecule has 3 heteroatoms. The van der Waals surface area contributed by atoms with Gasteiger partial charge in [-0.2, -0.15) is 5.26 Å². The maximum absolute atomic E-state index is 11.7. The molecule has 0 heterocycles. The second kappa shape index (κ2) is 8.48. The maximum Gasteiger partial charge on any atom is 0.306 e. The Morgan fingerprint density at radius 2 is 1.48 bits per heavy atom. The van der Waals surface area contributed by atoms with Gasteiger partial charge in [-0.1, -0.05) is 48.5 Å². The molecule has 0 N–H and O–H groups in total. The summed E-state index contributed by atoms with van der Waals surface area (Å²) in [5.41, 5.74) is 4.13. The first-order valence-corrected chi connectivity index (χ1v) is 8.64. The van der Waals surface area contributed by atoms with Crippen molar-refractivity contribution in [1.29, 1.82) is 5.26 Å². The van der Waals surface area contributed by atoms with Gasteiger partial charge >= 0.3 is 5.97 Å². The lowest BCUT2D eigenvalue weighted by Crippen LogP contribution is -2.23. The maximum atomic E-state index is 11.7. The molecule has 2 rings (SSSR count). The molecule has 130 valence electrons. The third-order valence-electron chi connectivity index (χ3n) is 3.79. The van der Waals surface area contributed by atoms with Crippen molar-refractivity contribution in [3.05, 3.63) is 59.7 Å². The van der Waals surface area contributed by atoms with E-state index in [0.29, 0.717) is 12.8 Å². The fourth-order valence-corrected chi connectivity index (χ4v) is 2.60. The molecule has 2 aromatic carbocycles. The van der Waals surface area contributed by atoms with Crippen LogP contribution in [0.5, 0.6) is 0 Å². The molecule has 0 unspecified atom stereocenters. The normalized spacial score (nSPS) is 11.0. The van der Waals surface area contributed by atoms with Gasteiger partial charge in [-0.05, 0) is 55.9 Å². The van der Waals surface area contributed by atoms with Crippen LogP contribution in [-0.2, 0) is 22.4 Å². The van der Waals surface area contributed by atoms with Gasteiger partial charge in [0.15, 0.2) is 0 Å². The first-order valence-electron chi connectivity index (χ1n) is 8.64. The second-order valence-electron chi connectivity index (χ2n) is 7.17. The first kappa shape index (κ1) is 18.7. The average molecular weight is 335 g/mol. The highest BCUT2D eigenvalue weighted by Gasteiger charge is 2.15. The molecule has 0 aliphatic heterocycles. The van der Waals surface area contributed by atoms with Crippen molar-refractivity contribution in [3.63, 3.8) is 0 Å². The van der Waals surface area contributed by atoms with Gasteiger partial charge in [0, 0.05) is 6.42 Å². The third-order valence-corrected chi connectivity index (χ3v) is 3.79. The van der Waals surface area contributed by atoms with Crippen LogP contribution in [0.2, 0.25) is 0 Å². The van der Waals surface area contributed by atoms with Crippen molar-refractivity contribution in [3.8, 4) is 17.2 Å². The molecule has 0 spiro atoms. The molecule has 0 bridgehead atoms. The van der Waals surface area contributed by atoms with Crippen molar-refractivity contribution < 1.29 is 9.53 Å². The average Bonchev–Trinajstić information content (AvgIpc) is 2.55. The van der Waals surface area contributed by atoms with E-state index in [0.717, 1.165) is 29.5 Å². The minimum atomic E-state index is -0.415. The van der Waals surface area contributed by atoms with Gasteiger partial charge in [0.2, 0.25) is 0 Å². The zero-order chi connectivity index (χ0) is 18.3. The Kier molecular flexibility index (Phi) is 6.36. The van der Waals surface area contributed by atoms with Crippen LogP contribution in [0.1, 0.15) is 44.7 Å². The fourth-order valence-electron chi connectivity index (χ4n) is 2.60. The van der Waals surface area contributed by atoms with Crippen molar-refractivity contribution >= 4 is 5.97 Å². The van der Waals surface area contributed by atoms with E-state index in [4.69, 9.17) is 10.00 Å². The molecular weight excluding hydrogens is 310 g/mol. The Hall–Kier alpha value is -2.60. The Bertz CT molecular complexity index is 732. The predicted octanol–water partition coefficient (Wildman–Crippen LogP) is 5.08. The zero-order valence-electron chi connectivity index (χ0n) is 15.2. The Labute approximate surface area is 150 Å². The minimum absolute atomic E-state index is 0.137. The summed E-state index contributed by atoms with van der Waals surface area (Å²) < 4.78 is 5.32. The summed E-state index contributed by atoms with van der Waals surface area (Å²) in [6.45, 7) is 5.66. The number of carbonyl (C=O) groups is 1. The van der Waals surface area contributed by atoms with E-state index in [-0.39, 0.29) is 5.97 Å². The zero-order valence-corrected chi connectivity index (χ0v) is 15.2. The fraction of sp³-hybridized carbons (Fsp3) is 0.364. The van der Waals surface area contributed by atoms with Crippen LogP contribution in [0.15, 0.2) is 48.5 Å². The molecule has 0 fully saturated rings. The Morgan fingerprint density at radius 1 is 0.960 bits per heavy atom. The number of benzene rings is 2. The van der Waals surface area contributed by atoms with Crippen molar-refractivity contribution in [2.75, 3.05) is 0 Å². The number of nitrogens with zero attached hydrogens (tertiary/aromatic N) is 1. The summed E-state index contributed by atoms with van der Waals surface area (Å²) >= 11 is 0. The van der Waals surface area contributed by atoms with E-state index < -0.39 is 5.60 Å². The van der Waals surface area contributed by atoms with Gasteiger partial charge in [-0.25, -0.2) is 0 Å². The quantitative estimate of drug-likeness (QED) is 0.691. The molecule has 0 aromatic heterocycles. The van der Waals surface area contributed by atoms with E-state index in [1.165, 1.54) is 5.56 Å². The topological polar surface area (TPSA) is 50.1 Å². The molecule has 0 aliphatic rings. The van der Waals surface area contributed by atoms with Crippen LogP contribution < -0.4 is 0 Å². The number of hydrogen-bond acceptors (Lipinski definition) is 3. The molecule has 3 nitrogen and oxygen atoms in total. The van der Waals surface area contributed by atoms with E-state index in [1.807, 2.05) is 45.0 Å². The number of hydrogen-bond donors (Lipinski definition) is 0. The highest BCUT2D eigenvalue weighted by atomic mass is 16.6. The third kappa shape index (κ3) is 6.43. The summed E-state index contributed by atoms with van der Waals surface area (Å²) in [6, 6.07) is 18.6. The van der Waals surface area contributed by atoms with Crippen LogP contribution in [0.4, 0.5) is 0 Å². The van der Waals surface area contributed by atoms with Crippen LogP contribution >= 0.6 is 0 Å². The summed E-state index contributed by atoms with van der Waals surface area (Å²) in [7, 11) is 0. The molecule has 0 radical (unpaired) electrons. The number of aryl methyl sites for hydroxylation is 1. The summed E-state index contributed by atoms with van der Waals surface area (Å²) in [5.74, 6) is -0.137. The van der Waals surface area contributed by atoms with Gasteiger partial charge in [-0.3, -0.25) is 4.79 Å². The summed E-state index contributed by atoms with van der Waals surface area (Å²) in [6.07, 6.45) is 2.54. The second-order valence-corrected chi connectivity index (χ2v) is 7.17. The lowest BCUT2D eigenvalue weighted by molar-refractivity contribution is -0.154. The molecule has 0 amide bonds. The Balaban J connectivity index is 1.87. The molecule has 0 saturated carbocycles. The van der Waals surface area contributed by atoms with Crippen molar-refractivity contribution in [2.24, 2.45) is 0 Å². The smallest absolute Gasteiger partial charge is 0.306 e. The standard InChI is InChI=1S/C22H25NO2/c1-22(2,3)25-21(24)6-4-5-17-7-11-19(12-8-17)20-13-9-18(10-14-20)15-16-23/h7-14H,4-6,15H2,1-3H3. The van der Waals surface area contributed by atoms with Crippen molar-refractivity contribution in [2.45, 2.75) is 52.1 Å². The molecule has 0 aliphatic carbocycles. The van der Waals surface area contributed by atoms with Gasteiger partial charge in [0.25, 0.3) is 0 Å². The lowest BCUT2D eigenvalue weighted by atomic mass is 10.0. The van der Waals surface area contributed by atoms with Gasteiger partial charge in [-0.15, -0.1) is 0 Å². The number of rotatable bonds is 6. The predicted molar refractivity (Wildman–Crippen MR) is 100.0 cm³/mol.